The van der Waals surface area contributed by atoms with Crippen molar-refractivity contribution in [2.75, 3.05) is 13.7 Å². The Labute approximate surface area is 193 Å². The molecule has 0 saturated heterocycles. The summed E-state index contributed by atoms with van der Waals surface area (Å²) in [4.78, 5) is 29.3. The maximum atomic E-state index is 13.5. The van der Waals surface area contributed by atoms with Crippen LogP contribution in [0.1, 0.15) is 22.0 Å². The Morgan fingerprint density at radius 1 is 1.18 bits per heavy atom. The lowest BCUT2D eigenvalue weighted by Gasteiger charge is -2.19. The second-order valence-corrected chi connectivity index (χ2v) is 8.39. The zero-order valence-electron chi connectivity index (χ0n) is 18.8. The molecular weight excluding hydrogens is 434 g/mol. The van der Waals surface area contributed by atoms with E-state index < -0.39 is 6.04 Å². The number of rotatable bonds is 4. The van der Waals surface area contributed by atoms with E-state index in [0.29, 0.717) is 28.1 Å². The number of carbonyl (C=O) groups excluding carboxylic acids is 1. The Bertz CT molecular complexity index is 1660. The van der Waals surface area contributed by atoms with E-state index in [1.54, 1.807) is 52.5 Å². The highest BCUT2D eigenvalue weighted by Gasteiger charge is 2.31. The van der Waals surface area contributed by atoms with Crippen molar-refractivity contribution in [1.82, 2.24) is 23.9 Å². The molecule has 1 atom stereocenters. The van der Waals surface area contributed by atoms with Crippen molar-refractivity contribution < 1.29 is 14.3 Å². The topological polar surface area (TPSA) is 93.2 Å². The normalized spacial score (nSPS) is 15.0. The van der Waals surface area contributed by atoms with Gasteiger partial charge in [0.05, 0.1) is 53.0 Å². The van der Waals surface area contributed by atoms with E-state index in [0.717, 1.165) is 33.9 Å². The molecule has 9 heteroatoms. The summed E-state index contributed by atoms with van der Waals surface area (Å²) in [6.07, 6.45) is 6.17. The molecule has 6 rings (SSSR count). The number of ether oxygens (including phenoxy) is 2. The van der Waals surface area contributed by atoms with Gasteiger partial charge in [-0.2, -0.15) is 5.10 Å². The predicted octanol–water partition coefficient (Wildman–Crippen LogP) is 3.09. The molecule has 170 valence electrons. The van der Waals surface area contributed by atoms with Crippen LogP contribution in [0.25, 0.3) is 33.1 Å². The van der Waals surface area contributed by atoms with Crippen LogP contribution in [0.2, 0.25) is 0 Å². The highest BCUT2D eigenvalue weighted by molar-refractivity contribution is 6.10. The fraction of sp³-hybridized carbons (Fsp3) is 0.200. The van der Waals surface area contributed by atoms with E-state index in [1.807, 2.05) is 31.4 Å². The minimum Gasteiger partial charge on any atom is -0.496 e. The standard InChI is InChI=1S/C25H21N5O4/c1-28-11-16(9-27-28)21-20(33-3)8-17-22-23-18(10-26-17)29(2)25(32)30(23)19(13-34-24(21)22)15-6-4-14(12-31)5-7-15/h4-12,19H,13H2,1-3H3. The first kappa shape index (κ1) is 20.2. The first-order valence-electron chi connectivity index (χ1n) is 10.8. The number of hydrogen-bond donors (Lipinski definition) is 0. The number of pyridine rings is 1. The fourth-order valence-corrected chi connectivity index (χ4v) is 4.82. The number of aldehydes is 1. The van der Waals surface area contributed by atoms with E-state index in [1.165, 1.54) is 0 Å². The van der Waals surface area contributed by atoms with Crippen LogP contribution < -0.4 is 15.2 Å². The van der Waals surface area contributed by atoms with E-state index in [2.05, 4.69) is 10.1 Å². The van der Waals surface area contributed by atoms with Crippen molar-refractivity contribution in [1.29, 1.82) is 0 Å². The van der Waals surface area contributed by atoms with Gasteiger partial charge in [0.1, 0.15) is 24.4 Å². The van der Waals surface area contributed by atoms with E-state index >= 15 is 0 Å². The van der Waals surface area contributed by atoms with Crippen LogP contribution in [0.5, 0.6) is 11.5 Å². The van der Waals surface area contributed by atoms with Crippen LogP contribution in [0.3, 0.4) is 0 Å². The summed E-state index contributed by atoms with van der Waals surface area (Å²) in [6, 6.07) is 8.68. The quantitative estimate of drug-likeness (QED) is 0.387. The molecule has 34 heavy (non-hydrogen) atoms. The maximum absolute atomic E-state index is 13.5. The first-order valence-corrected chi connectivity index (χ1v) is 10.8. The molecule has 1 unspecified atom stereocenters. The van der Waals surface area contributed by atoms with Crippen LogP contribution in [0.4, 0.5) is 0 Å². The number of nitrogens with zero attached hydrogens (tertiary/aromatic N) is 5. The number of methoxy groups -OCH3 is 1. The molecule has 0 saturated carbocycles. The largest absolute Gasteiger partial charge is 0.496 e. The molecule has 0 N–H and O–H groups in total. The van der Waals surface area contributed by atoms with Gasteiger partial charge in [-0.1, -0.05) is 24.3 Å². The van der Waals surface area contributed by atoms with Gasteiger partial charge in [-0.15, -0.1) is 0 Å². The zero-order chi connectivity index (χ0) is 23.6. The van der Waals surface area contributed by atoms with Crippen LogP contribution >= 0.6 is 0 Å². The molecule has 2 aromatic carbocycles. The van der Waals surface area contributed by atoms with E-state index in [-0.39, 0.29) is 12.3 Å². The second kappa shape index (κ2) is 7.31. The Hall–Kier alpha value is -4.40. The third-order valence-electron chi connectivity index (χ3n) is 6.49. The van der Waals surface area contributed by atoms with Crippen molar-refractivity contribution in [2.45, 2.75) is 6.04 Å². The zero-order valence-corrected chi connectivity index (χ0v) is 18.8. The lowest BCUT2D eigenvalue weighted by molar-refractivity contribution is 0.112. The summed E-state index contributed by atoms with van der Waals surface area (Å²) in [6.45, 7) is 0.212. The Morgan fingerprint density at radius 2 is 1.97 bits per heavy atom. The predicted molar refractivity (Wildman–Crippen MR) is 127 cm³/mol. The molecule has 9 nitrogen and oxygen atoms in total. The lowest BCUT2D eigenvalue weighted by Crippen LogP contribution is -2.29. The summed E-state index contributed by atoms with van der Waals surface area (Å²) < 4.78 is 17.3. The van der Waals surface area contributed by atoms with Gasteiger partial charge in [0.25, 0.3) is 0 Å². The highest BCUT2D eigenvalue weighted by atomic mass is 16.5. The lowest BCUT2D eigenvalue weighted by atomic mass is 10.0. The molecule has 0 spiro atoms. The van der Waals surface area contributed by atoms with E-state index in [4.69, 9.17) is 9.47 Å². The summed E-state index contributed by atoms with van der Waals surface area (Å²) >= 11 is 0. The van der Waals surface area contributed by atoms with Crippen LogP contribution in [-0.4, -0.2) is 43.9 Å². The van der Waals surface area contributed by atoms with Gasteiger partial charge in [-0.3, -0.25) is 23.6 Å². The van der Waals surface area contributed by atoms with Crippen LogP contribution in [0, 0.1) is 0 Å². The average Bonchev–Trinajstić information content (AvgIpc) is 3.33. The summed E-state index contributed by atoms with van der Waals surface area (Å²) in [5.74, 6) is 1.22. The smallest absolute Gasteiger partial charge is 0.329 e. The Balaban J connectivity index is 1.72. The number of carbonyl (C=O) groups is 1. The minimum absolute atomic E-state index is 0.163. The molecule has 4 heterocycles. The molecule has 5 aromatic rings. The van der Waals surface area contributed by atoms with Gasteiger partial charge < -0.3 is 9.47 Å². The maximum Gasteiger partial charge on any atom is 0.329 e. The van der Waals surface area contributed by atoms with Gasteiger partial charge >= 0.3 is 5.69 Å². The molecular formula is C25H21N5O4. The van der Waals surface area contributed by atoms with Crippen LogP contribution in [0.15, 0.2) is 53.7 Å². The van der Waals surface area contributed by atoms with Crippen molar-refractivity contribution in [3.05, 3.63) is 70.5 Å². The number of hydrogen-bond acceptors (Lipinski definition) is 6. The van der Waals surface area contributed by atoms with Gasteiger partial charge in [-0.25, -0.2) is 4.79 Å². The van der Waals surface area contributed by atoms with Gasteiger partial charge in [0.15, 0.2) is 0 Å². The molecule has 0 fully saturated rings. The number of benzene rings is 2. The monoisotopic (exact) mass is 455 g/mol. The number of aromatic nitrogens is 5. The summed E-state index contributed by atoms with van der Waals surface area (Å²) in [5, 5.41) is 5.08. The number of aryl methyl sites for hydroxylation is 2. The number of imidazole rings is 1. The summed E-state index contributed by atoms with van der Waals surface area (Å²) in [5.41, 5.74) is 5.01. The van der Waals surface area contributed by atoms with Crippen molar-refractivity contribution in [3.8, 4) is 22.6 Å². The first-order chi connectivity index (χ1) is 16.5. The fourth-order valence-electron chi connectivity index (χ4n) is 4.82. The Morgan fingerprint density at radius 3 is 2.65 bits per heavy atom. The Kier molecular flexibility index (Phi) is 4.35. The molecule has 0 amide bonds. The van der Waals surface area contributed by atoms with Gasteiger partial charge in [-0.05, 0) is 5.56 Å². The van der Waals surface area contributed by atoms with Crippen molar-refractivity contribution >= 4 is 28.2 Å². The second-order valence-electron chi connectivity index (χ2n) is 8.39. The molecule has 0 bridgehead atoms. The average molecular weight is 455 g/mol. The third kappa shape index (κ3) is 2.73. The highest BCUT2D eigenvalue weighted by Crippen LogP contribution is 2.47. The van der Waals surface area contributed by atoms with Crippen molar-refractivity contribution in [3.63, 3.8) is 0 Å². The van der Waals surface area contributed by atoms with Crippen molar-refractivity contribution in [2.24, 2.45) is 14.1 Å². The van der Waals surface area contributed by atoms with E-state index in [9.17, 15) is 9.59 Å². The molecule has 3 aromatic heterocycles. The molecule has 0 radical (unpaired) electrons. The molecule has 0 aliphatic carbocycles. The SMILES string of the molecule is COc1cc2ncc3c4c2c(c1-c1cnn(C)c1)OCC(c1ccc(C=O)cc1)n4c(=O)n3C. The molecule has 1 aliphatic rings. The van der Waals surface area contributed by atoms with Gasteiger partial charge in [0, 0.05) is 37.5 Å². The minimum atomic E-state index is -0.400. The molecule has 1 aliphatic heterocycles. The van der Waals surface area contributed by atoms with Gasteiger partial charge in [0.2, 0.25) is 0 Å². The van der Waals surface area contributed by atoms with Crippen LogP contribution in [-0.2, 0) is 14.1 Å². The third-order valence-corrected chi connectivity index (χ3v) is 6.49. The summed E-state index contributed by atoms with van der Waals surface area (Å²) in [7, 11) is 5.21.